The van der Waals surface area contributed by atoms with Gasteiger partial charge in [-0.2, -0.15) is 5.10 Å². The lowest BCUT2D eigenvalue weighted by atomic mass is 10.4. The van der Waals surface area contributed by atoms with Gasteiger partial charge in [-0.15, -0.1) is 0 Å². The molecule has 1 N–H and O–H groups in total. The van der Waals surface area contributed by atoms with Gasteiger partial charge in [-0.25, -0.2) is 9.80 Å². The second kappa shape index (κ2) is 3.87. The molecule has 0 aromatic heterocycles. The fourth-order valence-corrected chi connectivity index (χ4v) is 0.405. The van der Waals surface area contributed by atoms with Crippen LogP contribution in [0.5, 0.6) is 0 Å². The lowest BCUT2D eigenvalue weighted by Gasteiger charge is -2.13. The van der Waals surface area contributed by atoms with E-state index >= 15 is 0 Å². The van der Waals surface area contributed by atoms with Gasteiger partial charge in [-0.1, -0.05) is 0 Å². The highest BCUT2D eigenvalue weighted by Gasteiger charge is 2.05. The number of carbonyl (C=O) groups is 1. The van der Waals surface area contributed by atoms with E-state index in [2.05, 4.69) is 17.1 Å². The standard InChI is InChI=1S/C6H13N3O/c1-5(2)8-6(10)9(4)7-3/h5H,3H2,1-2,4H3,(H,8,10). The molecule has 0 radical (unpaired) electrons. The second-order valence-corrected chi connectivity index (χ2v) is 2.27. The number of nitrogens with zero attached hydrogens (tertiary/aromatic N) is 2. The molecule has 0 bridgehead atoms. The summed E-state index contributed by atoms with van der Waals surface area (Å²) < 4.78 is 0. The molecular weight excluding hydrogens is 130 g/mol. The van der Waals surface area contributed by atoms with Crippen LogP contribution in [0.1, 0.15) is 13.8 Å². The predicted octanol–water partition coefficient (Wildman–Crippen LogP) is 0.652. The first-order valence-corrected chi connectivity index (χ1v) is 3.08. The Labute approximate surface area is 60.9 Å². The molecule has 0 fully saturated rings. The summed E-state index contributed by atoms with van der Waals surface area (Å²) in [5.41, 5.74) is 0. The smallest absolute Gasteiger partial charge is 0.334 e. The van der Waals surface area contributed by atoms with Crippen molar-refractivity contribution in [1.29, 1.82) is 0 Å². The number of rotatable bonds is 2. The van der Waals surface area contributed by atoms with Crippen LogP contribution in [-0.2, 0) is 0 Å². The van der Waals surface area contributed by atoms with E-state index in [0.717, 1.165) is 5.01 Å². The monoisotopic (exact) mass is 143 g/mol. The Morgan fingerprint density at radius 1 is 1.70 bits per heavy atom. The van der Waals surface area contributed by atoms with E-state index in [9.17, 15) is 4.79 Å². The van der Waals surface area contributed by atoms with Gasteiger partial charge in [0, 0.05) is 19.8 Å². The van der Waals surface area contributed by atoms with Crippen LogP contribution in [0.4, 0.5) is 4.79 Å². The number of hydrazone groups is 1. The number of hydrogen-bond acceptors (Lipinski definition) is 2. The van der Waals surface area contributed by atoms with E-state index < -0.39 is 0 Å². The first-order chi connectivity index (χ1) is 4.57. The molecule has 2 amide bonds. The Morgan fingerprint density at radius 2 is 2.20 bits per heavy atom. The van der Waals surface area contributed by atoms with Crippen molar-refractivity contribution in [2.24, 2.45) is 5.10 Å². The van der Waals surface area contributed by atoms with Crippen LogP contribution in [-0.4, -0.2) is 30.8 Å². The molecule has 0 unspecified atom stereocenters. The summed E-state index contributed by atoms with van der Waals surface area (Å²) >= 11 is 0. The van der Waals surface area contributed by atoms with E-state index in [1.807, 2.05) is 13.8 Å². The summed E-state index contributed by atoms with van der Waals surface area (Å²) in [6, 6.07) is -0.0956. The average Bonchev–Trinajstić information content (AvgIpc) is 1.85. The van der Waals surface area contributed by atoms with Crippen molar-refractivity contribution in [3.8, 4) is 0 Å². The maximum absolute atomic E-state index is 10.9. The van der Waals surface area contributed by atoms with Gasteiger partial charge in [0.25, 0.3) is 0 Å². The highest BCUT2D eigenvalue weighted by atomic mass is 16.2. The molecular formula is C6H13N3O. The highest BCUT2D eigenvalue weighted by Crippen LogP contribution is 1.85. The van der Waals surface area contributed by atoms with Crippen LogP contribution < -0.4 is 5.32 Å². The number of amides is 2. The van der Waals surface area contributed by atoms with Crippen molar-refractivity contribution in [2.75, 3.05) is 7.05 Å². The third kappa shape index (κ3) is 3.06. The first-order valence-electron chi connectivity index (χ1n) is 3.08. The molecule has 58 valence electrons. The molecule has 0 aliphatic rings. The Kier molecular flexibility index (Phi) is 3.46. The Balaban J connectivity index is 3.73. The van der Waals surface area contributed by atoms with Crippen molar-refractivity contribution in [2.45, 2.75) is 19.9 Å². The number of hydrogen-bond donors (Lipinski definition) is 1. The summed E-state index contributed by atoms with van der Waals surface area (Å²) in [5, 5.41) is 7.21. The zero-order chi connectivity index (χ0) is 8.15. The molecule has 0 saturated heterocycles. The minimum Gasteiger partial charge on any atom is -0.334 e. The minimum absolute atomic E-state index is 0.136. The number of urea groups is 1. The van der Waals surface area contributed by atoms with Gasteiger partial charge in [0.05, 0.1) is 0 Å². The van der Waals surface area contributed by atoms with Gasteiger partial charge in [-0.3, -0.25) is 0 Å². The van der Waals surface area contributed by atoms with E-state index in [1.165, 1.54) is 0 Å². The van der Waals surface area contributed by atoms with E-state index in [0.29, 0.717) is 0 Å². The second-order valence-electron chi connectivity index (χ2n) is 2.27. The molecule has 4 nitrogen and oxygen atoms in total. The van der Waals surface area contributed by atoms with E-state index in [4.69, 9.17) is 0 Å². The molecule has 0 aromatic rings. The molecule has 10 heavy (non-hydrogen) atoms. The van der Waals surface area contributed by atoms with Gasteiger partial charge < -0.3 is 5.32 Å². The van der Waals surface area contributed by atoms with Crippen LogP contribution in [0.15, 0.2) is 5.10 Å². The van der Waals surface area contributed by atoms with Crippen LogP contribution >= 0.6 is 0 Å². The number of nitrogens with one attached hydrogen (secondary N) is 1. The van der Waals surface area contributed by atoms with Gasteiger partial charge in [0.15, 0.2) is 0 Å². The predicted molar refractivity (Wildman–Crippen MR) is 41.0 cm³/mol. The van der Waals surface area contributed by atoms with Gasteiger partial charge in [0.2, 0.25) is 0 Å². The fraction of sp³-hybridized carbons (Fsp3) is 0.667. The zero-order valence-electron chi connectivity index (χ0n) is 6.59. The maximum Gasteiger partial charge on any atom is 0.337 e. The van der Waals surface area contributed by atoms with Crippen LogP contribution in [0.25, 0.3) is 0 Å². The SMILES string of the molecule is C=NN(C)C(=O)NC(C)C. The molecule has 0 heterocycles. The van der Waals surface area contributed by atoms with Crippen molar-refractivity contribution in [3.63, 3.8) is 0 Å². The largest absolute Gasteiger partial charge is 0.337 e. The third-order valence-corrected chi connectivity index (χ3v) is 0.918. The lowest BCUT2D eigenvalue weighted by molar-refractivity contribution is 0.208. The molecule has 0 aliphatic heterocycles. The summed E-state index contributed by atoms with van der Waals surface area (Å²) in [4.78, 5) is 10.9. The Bertz CT molecular complexity index is 133. The van der Waals surface area contributed by atoms with Crippen molar-refractivity contribution >= 4 is 12.7 Å². The quantitative estimate of drug-likeness (QED) is 0.447. The average molecular weight is 143 g/mol. The molecule has 0 aliphatic carbocycles. The minimum atomic E-state index is -0.231. The number of carbonyl (C=O) groups excluding carboxylic acids is 1. The van der Waals surface area contributed by atoms with Crippen LogP contribution in [0, 0.1) is 0 Å². The van der Waals surface area contributed by atoms with Crippen LogP contribution in [0.3, 0.4) is 0 Å². The van der Waals surface area contributed by atoms with Gasteiger partial charge in [-0.05, 0) is 13.8 Å². The van der Waals surface area contributed by atoms with Crippen molar-refractivity contribution < 1.29 is 4.79 Å². The topological polar surface area (TPSA) is 44.7 Å². The fourth-order valence-electron chi connectivity index (χ4n) is 0.405. The molecule has 0 atom stereocenters. The van der Waals surface area contributed by atoms with E-state index in [1.54, 1.807) is 7.05 Å². The zero-order valence-corrected chi connectivity index (χ0v) is 6.59. The Morgan fingerprint density at radius 3 is 2.50 bits per heavy atom. The molecule has 0 spiro atoms. The lowest BCUT2D eigenvalue weighted by Crippen LogP contribution is -2.37. The third-order valence-electron chi connectivity index (χ3n) is 0.918. The van der Waals surface area contributed by atoms with Crippen molar-refractivity contribution in [3.05, 3.63) is 0 Å². The molecule has 4 heteroatoms. The van der Waals surface area contributed by atoms with Gasteiger partial charge in [0.1, 0.15) is 0 Å². The summed E-state index contributed by atoms with van der Waals surface area (Å²) in [7, 11) is 1.55. The summed E-state index contributed by atoms with van der Waals surface area (Å²) in [6.07, 6.45) is 0. The van der Waals surface area contributed by atoms with Crippen LogP contribution in [0.2, 0.25) is 0 Å². The molecule has 0 saturated carbocycles. The maximum atomic E-state index is 10.9. The summed E-state index contributed by atoms with van der Waals surface area (Å²) in [5.74, 6) is 0. The highest BCUT2D eigenvalue weighted by molar-refractivity contribution is 5.74. The normalized spacial score (nSPS) is 9.20. The first kappa shape index (κ1) is 8.94. The van der Waals surface area contributed by atoms with Crippen molar-refractivity contribution in [1.82, 2.24) is 10.3 Å². The van der Waals surface area contributed by atoms with E-state index in [-0.39, 0.29) is 12.1 Å². The van der Waals surface area contributed by atoms with Gasteiger partial charge >= 0.3 is 6.03 Å². The molecule has 0 aromatic carbocycles. The summed E-state index contributed by atoms with van der Waals surface area (Å²) in [6.45, 7) is 6.97. The Hall–Kier alpha value is -1.06. The molecule has 0 rings (SSSR count).